The van der Waals surface area contributed by atoms with E-state index in [2.05, 4.69) is 26.8 Å². The second-order valence-electron chi connectivity index (χ2n) is 11.8. The average Bonchev–Trinajstić information content (AvgIpc) is 2.94. The van der Waals surface area contributed by atoms with Gasteiger partial charge in [-0.2, -0.15) is 0 Å². The molecule has 0 saturated heterocycles. The first-order valence-electron chi connectivity index (χ1n) is 16.7. The van der Waals surface area contributed by atoms with Crippen LogP contribution in [-0.2, 0) is 23.9 Å². The van der Waals surface area contributed by atoms with E-state index in [9.17, 15) is 19.5 Å². The summed E-state index contributed by atoms with van der Waals surface area (Å²) in [4.78, 5) is 35.6. The molecular formula is C35H62O6. The van der Waals surface area contributed by atoms with E-state index in [4.69, 9.17) is 9.47 Å². The van der Waals surface area contributed by atoms with E-state index in [1.165, 1.54) is 57.8 Å². The highest BCUT2D eigenvalue weighted by molar-refractivity contribution is 5.89. The van der Waals surface area contributed by atoms with Crippen LogP contribution < -0.4 is 0 Å². The highest BCUT2D eigenvalue weighted by Gasteiger charge is 2.12. The Morgan fingerprint density at radius 3 is 1.63 bits per heavy atom. The summed E-state index contributed by atoms with van der Waals surface area (Å²) in [7, 11) is 0. The van der Waals surface area contributed by atoms with E-state index in [1.54, 1.807) is 6.08 Å². The van der Waals surface area contributed by atoms with Crippen LogP contribution in [-0.4, -0.2) is 42.1 Å². The van der Waals surface area contributed by atoms with Gasteiger partial charge in [-0.3, -0.25) is 14.4 Å². The number of carbonyl (C=O) groups excluding carboxylic acids is 3. The molecule has 238 valence electrons. The maximum atomic E-state index is 11.9. The van der Waals surface area contributed by atoms with Crippen LogP contribution in [0.1, 0.15) is 156 Å². The molecule has 0 aromatic carbocycles. The fourth-order valence-electron chi connectivity index (χ4n) is 4.49. The molecule has 0 bridgehead atoms. The zero-order valence-corrected chi connectivity index (χ0v) is 26.7. The molecule has 6 heteroatoms. The summed E-state index contributed by atoms with van der Waals surface area (Å²) in [5.41, 5.74) is 0. The van der Waals surface area contributed by atoms with Gasteiger partial charge in [0, 0.05) is 19.3 Å². The number of aliphatic hydroxyl groups excluding tert-OH is 1. The minimum absolute atomic E-state index is 0.147. The van der Waals surface area contributed by atoms with Crippen LogP contribution >= 0.6 is 0 Å². The largest absolute Gasteiger partial charge is 0.463 e. The first-order chi connectivity index (χ1) is 19.8. The Labute approximate surface area is 251 Å². The summed E-state index contributed by atoms with van der Waals surface area (Å²) in [5, 5.41) is 9.94. The highest BCUT2D eigenvalue weighted by Crippen LogP contribution is 2.13. The molecule has 6 nitrogen and oxygen atoms in total. The van der Waals surface area contributed by atoms with Crippen molar-refractivity contribution in [3.05, 3.63) is 24.3 Å². The van der Waals surface area contributed by atoms with Crippen molar-refractivity contribution in [1.82, 2.24) is 0 Å². The van der Waals surface area contributed by atoms with E-state index >= 15 is 0 Å². The van der Waals surface area contributed by atoms with Crippen molar-refractivity contribution in [2.75, 3.05) is 13.2 Å². The van der Waals surface area contributed by atoms with Crippen molar-refractivity contribution in [2.45, 2.75) is 162 Å². The molecule has 0 aromatic heterocycles. The van der Waals surface area contributed by atoms with Gasteiger partial charge in [0.15, 0.2) is 5.78 Å². The van der Waals surface area contributed by atoms with Gasteiger partial charge in [-0.1, -0.05) is 122 Å². The number of esters is 2. The SMILES string of the molecule is CCCCC/C=C\C=C\C(=O)CCCCCCCC(=O)OC[C@H](O)COC(=O)CCCCCCCCCCC(C)C. The van der Waals surface area contributed by atoms with Gasteiger partial charge in [-0.05, 0) is 44.1 Å². The first-order valence-corrected chi connectivity index (χ1v) is 16.7. The fraction of sp³-hybridized carbons (Fsp3) is 0.800. The Hall–Kier alpha value is -1.95. The number of aliphatic hydroxyl groups is 1. The molecule has 0 amide bonds. The zero-order chi connectivity index (χ0) is 30.4. The van der Waals surface area contributed by atoms with Crippen molar-refractivity contribution < 1.29 is 29.0 Å². The van der Waals surface area contributed by atoms with Crippen LogP contribution in [0.15, 0.2) is 24.3 Å². The minimum Gasteiger partial charge on any atom is -0.463 e. The molecular weight excluding hydrogens is 516 g/mol. The molecule has 41 heavy (non-hydrogen) atoms. The number of hydrogen-bond donors (Lipinski definition) is 1. The normalized spacial score (nSPS) is 12.4. The van der Waals surface area contributed by atoms with Crippen molar-refractivity contribution >= 4 is 17.7 Å². The van der Waals surface area contributed by atoms with Crippen LogP contribution in [0.25, 0.3) is 0 Å². The highest BCUT2D eigenvalue weighted by atomic mass is 16.6. The summed E-state index contributed by atoms with van der Waals surface area (Å²) >= 11 is 0. The Balaban J connectivity index is 3.56. The van der Waals surface area contributed by atoms with Gasteiger partial charge in [0.1, 0.15) is 19.3 Å². The number of hydrogen-bond acceptors (Lipinski definition) is 6. The smallest absolute Gasteiger partial charge is 0.305 e. The van der Waals surface area contributed by atoms with Crippen molar-refractivity contribution in [2.24, 2.45) is 5.92 Å². The van der Waals surface area contributed by atoms with Crippen LogP contribution in [0.4, 0.5) is 0 Å². The number of allylic oxidation sites excluding steroid dienone is 4. The molecule has 0 unspecified atom stereocenters. The lowest BCUT2D eigenvalue weighted by atomic mass is 10.0. The van der Waals surface area contributed by atoms with Crippen LogP contribution in [0.2, 0.25) is 0 Å². The Morgan fingerprint density at radius 2 is 1.12 bits per heavy atom. The van der Waals surface area contributed by atoms with Crippen molar-refractivity contribution in [3.63, 3.8) is 0 Å². The molecule has 0 rings (SSSR count). The van der Waals surface area contributed by atoms with Gasteiger partial charge in [-0.25, -0.2) is 0 Å². The van der Waals surface area contributed by atoms with Gasteiger partial charge in [-0.15, -0.1) is 0 Å². The molecule has 1 N–H and O–H groups in total. The lowest BCUT2D eigenvalue weighted by Crippen LogP contribution is -2.25. The molecule has 1 atom stereocenters. The monoisotopic (exact) mass is 578 g/mol. The Bertz CT molecular complexity index is 697. The molecule has 0 fully saturated rings. The zero-order valence-electron chi connectivity index (χ0n) is 26.7. The second kappa shape index (κ2) is 29.5. The third-order valence-corrected chi connectivity index (χ3v) is 7.09. The quantitative estimate of drug-likeness (QED) is 0.0412. The van der Waals surface area contributed by atoms with Crippen LogP contribution in [0.5, 0.6) is 0 Å². The van der Waals surface area contributed by atoms with E-state index in [1.807, 2.05) is 12.2 Å². The van der Waals surface area contributed by atoms with Crippen LogP contribution in [0.3, 0.4) is 0 Å². The van der Waals surface area contributed by atoms with Crippen molar-refractivity contribution in [1.29, 1.82) is 0 Å². The van der Waals surface area contributed by atoms with Gasteiger partial charge < -0.3 is 14.6 Å². The maximum Gasteiger partial charge on any atom is 0.305 e. The minimum atomic E-state index is -0.998. The average molecular weight is 579 g/mol. The maximum absolute atomic E-state index is 11.9. The first kappa shape index (κ1) is 39.0. The molecule has 0 aliphatic heterocycles. The molecule has 0 aliphatic carbocycles. The van der Waals surface area contributed by atoms with Gasteiger partial charge >= 0.3 is 11.9 Å². The fourth-order valence-corrected chi connectivity index (χ4v) is 4.49. The third-order valence-electron chi connectivity index (χ3n) is 7.09. The molecule has 0 spiro atoms. The molecule has 0 saturated carbocycles. The molecule has 0 aromatic rings. The third kappa shape index (κ3) is 30.8. The van der Waals surface area contributed by atoms with E-state index in [0.717, 1.165) is 63.7 Å². The van der Waals surface area contributed by atoms with Gasteiger partial charge in [0.05, 0.1) is 0 Å². The number of rotatable bonds is 29. The van der Waals surface area contributed by atoms with E-state index < -0.39 is 6.10 Å². The van der Waals surface area contributed by atoms with E-state index in [-0.39, 0.29) is 30.9 Å². The number of ketones is 1. The molecule has 0 aliphatic rings. The summed E-state index contributed by atoms with van der Waals surface area (Å²) in [6.45, 7) is 6.42. The lowest BCUT2D eigenvalue weighted by Gasteiger charge is -2.12. The van der Waals surface area contributed by atoms with E-state index in [0.29, 0.717) is 19.3 Å². The van der Waals surface area contributed by atoms with Gasteiger partial charge in [0.2, 0.25) is 0 Å². The summed E-state index contributed by atoms with van der Waals surface area (Å²) in [6.07, 6.45) is 27.7. The number of unbranched alkanes of at least 4 members (excludes halogenated alkanes) is 14. The summed E-state index contributed by atoms with van der Waals surface area (Å²) < 4.78 is 10.2. The van der Waals surface area contributed by atoms with Gasteiger partial charge in [0.25, 0.3) is 0 Å². The number of ether oxygens (including phenoxy) is 2. The number of carbonyl (C=O) groups is 3. The topological polar surface area (TPSA) is 89.9 Å². The predicted molar refractivity (Wildman–Crippen MR) is 169 cm³/mol. The second-order valence-corrected chi connectivity index (χ2v) is 11.8. The standard InChI is InChI=1S/C35H62O6/c1-4-5-6-7-10-15-20-25-32(36)26-21-16-13-18-23-28-35(39)41-30-33(37)29-40-34(38)27-22-17-12-9-8-11-14-19-24-31(2)3/h10,15,20,25,31,33,37H,4-9,11-14,16-19,21-24,26-30H2,1-3H3/b15-10-,25-20+/t33-/m1/s1. The van der Waals surface area contributed by atoms with Crippen molar-refractivity contribution in [3.8, 4) is 0 Å². The summed E-state index contributed by atoms with van der Waals surface area (Å²) in [5.74, 6) is 0.299. The molecule has 0 radical (unpaired) electrons. The summed E-state index contributed by atoms with van der Waals surface area (Å²) in [6, 6.07) is 0. The molecule has 0 heterocycles. The predicted octanol–water partition coefficient (Wildman–Crippen LogP) is 8.98. The lowest BCUT2D eigenvalue weighted by molar-refractivity contribution is -0.152. The Morgan fingerprint density at radius 1 is 0.634 bits per heavy atom. The van der Waals surface area contributed by atoms with Crippen LogP contribution in [0, 0.1) is 5.92 Å². The Kier molecular flexibility index (Phi) is 28.1.